The molecule has 2 aliphatic heterocycles. The second kappa shape index (κ2) is 5.71. The first-order valence-electron chi connectivity index (χ1n) is 6.23. The fraction of sp³-hybridized carbons (Fsp3) is 1.00. The number of hydrogen-bond donors (Lipinski definition) is 1. The second-order valence-corrected chi connectivity index (χ2v) is 5.92. The molecule has 0 bridgehead atoms. The summed E-state index contributed by atoms with van der Waals surface area (Å²) in [7, 11) is 0. The van der Waals surface area contributed by atoms with Gasteiger partial charge in [-0.25, -0.2) is 0 Å². The number of ether oxygens (including phenoxy) is 2. The quantitative estimate of drug-likeness (QED) is 0.819. The monoisotopic (exact) mass is 246 g/mol. The van der Waals surface area contributed by atoms with Crippen LogP contribution in [0.2, 0.25) is 0 Å². The van der Waals surface area contributed by atoms with Gasteiger partial charge in [0.1, 0.15) is 0 Å². The van der Waals surface area contributed by atoms with Crippen LogP contribution in [0, 0.1) is 5.92 Å². The molecule has 2 aliphatic rings. The van der Waals surface area contributed by atoms with Crippen molar-refractivity contribution in [3.05, 3.63) is 0 Å². The molecule has 0 saturated carbocycles. The molecule has 2 heterocycles. The molecule has 94 valence electrons. The fourth-order valence-corrected chi connectivity index (χ4v) is 4.01. The summed E-state index contributed by atoms with van der Waals surface area (Å²) in [5.74, 6) is 2.66. The van der Waals surface area contributed by atoms with Gasteiger partial charge in [-0.3, -0.25) is 0 Å². The van der Waals surface area contributed by atoms with Crippen LogP contribution in [0.5, 0.6) is 0 Å². The summed E-state index contributed by atoms with van der Waals surface area (Å²) in [6.45, 7) is 3.92. The minimum absolute atomic E-state index is 0.0702. The van der Waals surface area contributed by atoms with Crippen molar-refractivity contribution in [1.29, 1.82) is 0 Å². The molecule has 2 fully saturated rings. The molecule has 0 aromatic rings. The zero-order valence-corrected chi connectivity index (χ0v) is 10.8. The molecular formula is C12H22O3S. The highest BCUT2D eigenvalue weighted by atomic mass is 32.2. The molecule has 4 heteroatoms. The van der Waals surface area contributed by atoms with E-state index >= 15 is 0 Å². The first-order chi connectivity index (χ1) is 7.76. The van der Waals surface area contributed by atoms with Crippen molar-refractivity contribution in [1.82, 2.24) is 0 Å². The summed E-state index contributed by atoms with van der Waals surface area (Å²) >= 11 is 1.97. The predicted octanol–water partition coefficient (Wildman–Crippen LogP) is 1.69. The third kappa shape index (κ3) is 2.92. The van der Waals surface area contributed by atoms with Crippen LogP contribution >= 0.6 is 11.8 Å². The van der Waals surface area contributed by atoms with Gasteiger partial charge in [-0.15, -0.1) is 0 Å². The van der Waals surface area contributed by atoms with E-state index in [1.165, 1.54) is 5.75 Å². The zero-order chi connectivity index (χ0) is 11.4. The maximum atomic E-state index is 10.1. The van der Waals surface area contributed by atoms with Crippen LogP contribution in [0.15, 0.2) is 0 Å². The standard InChI is InChI=1S/C12H22O3S/c1-2-14-8-11(13)10-3-5-15-12(7-10)4-6-16-9-12/h10-11,13H,2-9H2,1H3. The predicted molar refractivity (Wildman–Crippen MR) is 65.8 cm³/mol. The zero-order valence-electron chi connectivity index (χ0n) is 9.98. The largest absolute Gasteiger partial charge is 0.390 e. The average Bonchev–Trinajstić information content (AvgIpc) is 2.74. The van der Waals surface area contributed by atoms with Gasteiger partial charge in [0.2, 0.25) is 0 Å². The van der Waals surface area contributed by atoms with Crippen molar-refractivity contribution in [2.45, 2.75) is 37.9 Å². The second-order valence-electron chi connectivity index (χ2n) is 4.81. The van der Waals surface area contributed by atoms with Crippen molar-refractivity contribution < 1.29 is 14.6 Å². The van der Waals surface area contributed by atoms with Crippen molar-refractivity contribution >= 4 is 11.8 Å². The van der Waals surface area contributed by atoms with Crippen molar-refractivity contribution in [2.75, 3.05) is 31.3 Å². The van der Waals surface area contributed by atoms with E-state index in [4.69, 9.17) is 9.47 Å². The molecule has 3 atom stereocenters. The van der Waals surface area contributed by atoms with Gasteiger partial charge in [0, 0.05) is 19.0 Å². The van der Waals surface area contributed by atoms with E-state index in [0.29, 0.717) is 19.1 Å². The number of aliphatic hydroxyl groups is 1. The Bertz CT molecular complexity index is 216. The van der Waals surface area contributed by atoms with E-state index in [9.17, 15) is 5.11 Å². The molecule has 0 aromatic heterocycles. The molecule has 1 N–H and O–H groups in total. The third-order valence-corrected chi connectivity index (χ3v) is 4.86. The number of hydrogen-bond acceptors (Lipinski definition) is 4. The summed E-state index contributed by atoms with van der Waals surface area (Å²) in [6.07, 6.45) is 2.82. The Kier molecular flexibility index (Phi) is 4.53. The maximum Gasteiger partial charge on any atom is 0.0803 e. The summed E-state index contributed by atoms with van der Waals surface area (Å²) < 4.78 is 11.2. The maximum absolute atomic E-state index is 10.1. The summed E-state index contributed by atoms with van der Waals surface area (Å²) in [6, 6.07) is 0. The molecule has 0 aliphatic carbocycles. The average molecular weight is 246 g/mol. The molecule has 0 amide bonds. The molecule has 1 spiro atoms. The van der Waals surface area contributed by atoms with E-state index in [1.54, 1.807) is 0 Å². The van der Waals surface area contributed by atoms with E-state index in [1.807, 2.05) is 18.7 Å². The fourth-order valence-electron chi connectivity index (χ4n) is 2.63. The van der Waals surface area contributed by atoms with Crippen LogP contribution in [-0.2, 0) is 9.47 Å². The molecule has 3 unspecified atom stereocenters. The highest BCUT2D eigenvalue weighted by molar-refractivity contribution is 7.99. The lowest BCUT2D eigenvalue weighted by Gasteiger charge is -2.39. The van der Waals surface area contributed by atoms with Crippen molar-refractivity contribution in [3.63, 3.8) is 0 Å². The number of aliphatic hydroxyl groups excluding tert-OH is 1. The van der Waals surface area contributed by atoms with Gasteiger partial charge in [-0.1, -0.05) is 0 Å². The normalized spacial score (nSPS) is 36.8. The van der Waals surface area contributed by atoms with Crippen LogP contribution in [-0.4, -0.2) is 48.1 Å². The van der Waals surface area contributed by atoms with Crippen molar-refractivity contribution in [3.8, 4) is 0 Å². The minimum Gasteiger partial charge on any atom is -0.390 e. The minimum atomic E-state index is -0.314. The molecule has 2 saturated heterocycles. The Morgan fingerprint density at radius 1 is 1.62 bits per heavy atom. The third-order valence-electron chi connectivity index (χ3n) is 3.64. The Morgan fingerprint density at radius 2 is 2.50 bits per heavy atom. The van der Waals surface area contributed by atoms with Crippen LogP contribution in [0.3, 0.4) is 0 Å². The van der Waals surface area contributed by atoms with Crippen LogP contribution in [0.4, 0.5) is 0 Å². The molecular weight excluding hydrogens is 224 g/mol. The van der Waals surface area contributed by atoms with E-state index in [0.717, 1.165) is 31.6 Å². The topological polar surface area (TPSA) is 38.7 Å². The lowest BCUT2D eigenvalue weighted by atomic mass is 9.82. The summed E-state index contributed by atoms with van der Waals surface area (Å²) in [5, 5.41) is 10.1. The van der Waals surface area contributed by atoms with Gasteiger partial charge in [0.05, 0.1) is 18.3 Å². The van der Waals surface area contributed by atoms with Gasteiger partial charge < -0.3 is 14.6 Å². The molecule has 2 rings (SSSR count). The molecule has 3 nitrogen and oxygen atoms in total. The van der Waals surface area contributed by atoms with Crippen LogP contribution < -0.4 is 0 Å². The van der Waals surface area contributed by atoms with E-state index in [-0.39, 0.29) is 11.7 Å². The number of thioether (sulfide) groups is 1. The molecule has 16 heavy (non-hydrogen) atoms. The van der Waals surface area contributed by atoms with E-state index < -0.39 is 0 Å². The first kappa shape index (κ1) is 12.7. The first-order valence-corrected chi connectivity index (χ1v) is 7.39. The Hall–Kier alpha value is 0.230. The smallest absolute Gasteiger partial charge is 0.0803 e. The lowest BCUT2D eigenvalue weighted by Crippen LogP contribution is -2.44. The van der Waals surface area contributed by atoms with E-state index in [2.05, 4.69) is 0 Å². The summed E-state index contributed by atoms with van der Waals surface area (Å²) in [5.41, 5.74) is 0.0702. The van der Waals surface area contributed by atoms with Crippen molar-refractivity contribution in [2.24, 2.45) is 5.92 Å². The molecule has 0 aromatic carbocycles. The molecule has 0 radical (unpaired) electrons. The van der Waals surface area contributed by atoms with Gasteiger partial charge >= 0.3 is 0 Å². The van der Waals surface area contributed by atoms with Crippen LogP contribution in [0.1, 0.15) is 26.2 Å². The van der Waals surface area contributed by atoms with Gasteiger partial charge in [0.15, 0.2) is 0 Å². The van der Waals surface area contributed by atoms with Gasteiger partial charge in [-0.05, 0) is 37.9 Å². The van der Waals surface area contributed by atoms with Gasteiger partial charge in [0.25, 0.3) is 0 Å². The SMILES string of the molecule is CCOCC(O)C1CCOC2(CCSC2)C1. The lowest BCUT2D eigenvalue weighted by molar-refractivity contribution is -0.110. The Labute approximate surface area is 102 Å². The number of rotatable bonds is 4. The van der Waals surface area contributed by atoms with Crippen LogP contribution in [0.25, 0.3) is 0 Å². The highest BCUT2D eigenvalue weighted by Crippen LogP contribution is 2.41. The Balaban J connectivity index is 1.85. The van der Waals surface area contributed by atoms with Gasteiger partial charge in [-0.2, -0.15) is 11.8 Å². The summed E-state index contributed by atoms with van der Waals surface area (Å²) in [4.78, 5) is 0. The Morgan fingerprint density at radius 3 is 3.19 bits per heavy atom. The highest BCUT2D eigenvalue weighted by Gasteiger charge is 2.42.